The van der Waals surface area contributed by atoms with Crippen molar-refractivity contribution < 1.29 is 0 Å². The number of hydrogen-bond acceptors (Lipinski definition) is 3. The number of pyridine rings is 2. The summed E-state index contributed by atoms with van der Waals surface area (Å²) in [5.74, 6) is 0.582. The van der Waals surface area contributed by atoms with Crippen molar-refractivity contribution in [3.05, 3.63) is 41.9 Å². The molecule has 3 heteroatoms. The lowest BCUT2D eigenvalue weighted by Gasteiger charge is -2.04. The fourth-order valence-corrected chi connectivity index (χ4v) is 1.38. The molecule has 0 spiro atoms. The summed E-state index contributed by atoms with van der Waals surface area (Å²) in [6, 6.07) is 6.05. The van der Waals surface area contributed by atoms with Gasteiger partial charge in [-0.1, -0.05) is 6.07 Å². The molecule has 0 saturated heterocycles. The molecule has 2 N–H and O–H groups in total. The molecule has 0 atom stereocenters. The molecule has 0 bridgehead atoms. The molecule has 0 radical (unpaired) electrons. The molecule has 2 aromatic heterocycles. The van der Waals surface area contributed by atoms with Crippen molar-refractivity contribution in [3.8, 4) is 11.1 Å². The molecular weight excluding hydrogens is 186 g/mol. The molecule has 0 aliphatic carbocycles. The van der Waals surface area contributed by atoms with E-state index in [1.165, 1.54) is 0 Å². The van der Waals surface area contributed by atoms with Gasteiger partial charge in [0.25, 0.3) is 0 Å². The highest BCUT2D eigenvalue weighted by molar-refractivity contribution is 5.64. The highest BCUT2D eigenvalue weighted by atomic mass is 14.8. The van der Waals surface area contributed by atoms with Crippen LogP contribution in [0.15, 0.2) is 30.6 Å². The van der Waals surface area contributed by atoms with Crippen LogP contribution in [-0.2, 0) is 0 Å². The normalized spacial score (nSPS) is 10.3. The molecule has 0 unspecified atom stereocenters. The van der Waals surface area contributed by atoms with Crippen molar-refractivity contribution in [2.45, 2.75) is 13.8 Å². The Morgan fingerprint density at radius 3 is 2.33 bits per heavy atom. The fraction of sp³-hybridized carbons (Fsp3) is 0.167. The van der Waals surface area contributed by atoms with Gasteiger partial charge in [0, 0.05) is 29.2 Å². The van der Waals surface area contributed by atoms with Crippen LogP contribution in [0.1, 0.15) is 11.3 Å². The van der Waals surface area contributed by atoms with E-state index < -0.39 is 0 Å². The molecule has 2 aromatic rings. The van der Waals surface area contributed by atoms with Crippen LogP contribution in [0.25, 0.3) is 11.1 Å². The summed E-state index contributed by atoms with van der Waals surface area (Å²) in [6.45, 7) is 3.92. The van der Waals surface area contributed by atoms with Crippen LogP contribution in [0.3, 0.4) is 0 Å². The molecular formula is C12H13N3. The van der Waals surface area contributed by atoms with Gasteiger partial charge in [0.15, 0.2) is 0 Å². The minimum Gasteiger partial charge on any atom is -0.383 e. The first kappa shape index (κ1) is 9.65. The van der Waals surface area contributed by atoms with Gasteiger partial charge >= 0.3 is 0 Å². The average Bonchev–Trinajstić information content (AvgIpc) is 2.23. The van der Waals surface area contributed by atoms with Crippen LogP contribution in [0, 0.1) is 13.8 Å². The zero-order valence-electron chi connectivity index (χ0n) is 8.86. The zero-order chi connectivity index (χ0) is 10.8. The second kappa shape index (κ2) is 3.69. The van der Waals surface area contributed by atoms with E-state index in [0.717, 1.165) is 22.4 Å². The molecule has 0 aliphatic rings. The Morgan fingerprint density at radius 1 is 1.00 bits per heavy atom. The van der Waals surface area contributed by atoms with E-state index in [-0.39, 0.29) is 0 Å². The van der Waals surface area contributed by atoms with Gasteiger partial charge in [-0.15, -0.1) is 0 Å². The summed E-state index contributed by atoms with van der Waals surface area (Å²) in [6.07, 6.45) is 3.62. The number of rotatable bonds is 1. The van der Waals surface area contributed by atoms with E-state index in [1.54, 1.807) is 6.20 Å². The summed E-state index contributed by atoms with van der Waals surface area (Å²) >= 11 is 0. The Balaban J connectivity index is 2.45. The molecule has 0 aromatic carbocycles. The van der Waals surface area contributed by atoms with Crippen LogP contribution < -0.4 is 5.73 Å². The Kier molecular flexibility index (Phi) is 2.37. The van der Waals surface area contributed by atoms with Gasteiger partial charge in [0.2, 0.25) is 0 Å². The van der Waals surface area contributed by atoms with E-state index in [4.69, 9.17) is 5.73 Å². The third-order valence-electron chi connectivity index (χ3n) is 2.36. The number of nitrogen functional groups attached to an aromatic ring is 1. The van der Waals surface area contributed by atoms with Gasteiger partial charge in [0.05, 0.1) is 0 Å². The summed E-state index contributed by atoms with van der Waals surface area (Å²) in [5.41, 5.74) is 9.79. The van der Waals surface area contributed by atoms with Crippen LogP contribution in [-0.4, -0.2) is 9.97 Å². The largest absolute Gasteiger partial charge is 0.383 e. The molecule has 2 heterocycles. The van der Waals surface area contributed by atoms with E-state index in [2.05, 4.69) is 9.97 Å². The summed E-state index contributed by atoms with van der Waals surface area (Å²) in [7, 11) is 0. The number of anilines is 1. The Labute approximate surface area is 89.0 Å². The van der Waals surface area contributed by atoms with E-state index in [0.29, 0.717) is 5.82 Å². The molecule has 76 valence electrons. The molecule has 0 aliphatic heterocycles. The number of nitrogens with zero attached hydrogens (tertiary/aromatic N) is 2. The first-order valence-electron chi connectivity index (χ1n) is 4.82. The Bertz CT molecular complexity index is 475. The van der Waals surface area contributed by atoms with Gasteiger partial charge in [-0.3, -0.25) is 4.98 Å². The van der Waals surface area contributed by atoms with Crippen molar-refractivity contribution in [1.29, 1.82) is 0 Å². The molecule has 0 amide bonds. The first-order chi connectivity index (χ1) is 7.16. The molecule has 3 nitrogen and oxygen atoms in total. The minimum atomic E-state index is 0.582. The van der Waals surface area contributed by atoms with Gasteiger partial charge in [-0.2, -0.15) is 0 Å². The number of aromatic nitrogens is 2. The summed E-state index contributed by atoms with van der Waals surface area (Å²) in [5, 5.41) is 0. The van der Waals surface area contributed by atoms with Gasteiger partial charge in [-0.05, 0) is 31.5 Å². The van der Waals surface area contributed by atoms with Crippen molar-refractivity contribution in [1.82, 2.24) is 9.97 Å². The second-order valence-corrected chi connectivity index (χ2v) is 3.61. The maximum Gasteiger partial charge on any atom is 0.126 e. The third kappa shape index (κ3) is 1.96. The number of aryl methyl sites for hydroxylation is 2. The number of nitrogens with two attached hydrogens (primary N) is 1. The smallest absolute Gasteiger partial charge is 0.126 e. The van der Waals surface area contributed by atoms with Crippen molar-refractivity contribution in [3.63, 3.8) is 0 Å². The van der Waals surface area contributed by atoms with E-state index in [9.17, 15) is 0 Å². The van der Waals surface area contributed by atoms with Gasteiger partial charge in [-0.25, -0.2) is 4.98 Å². The van der Waals surface area contributed by atoms with E-state index in [1.807, 2.05) is 38.2 Å². The predicted molar refractivity (Wildman–Crippen MR) is 61.4 cm³/mol. The third-order valence-corrected chi connectivity index (χ3v) is 2.36. The standard InChI is InChI=1S/C12H13N3/c1-8-5-11(7-15-12(8)13)10-4-3-9(2)14-6-10/h3-7H,1-2H3,(H2,13,15). The number of hydrogen-bond donors (Lipinski definition) is 1. The van der Waals surface area contributed by atoms with Crippen LogP contribution in [0.5, 0.6) is 0 Å². The van der Waals surface area contributed by atoms with Crippen molar-refractivity contribution >= 4 is 5.82 Å². The van der Waals surface area contributed by atoms with E-state index >= 15 is 0 Å². The molecule has 15 heavy (non-hydrogen) atoms. The lowest BCUT2D eigenvalue weighted by molar-refractivity contribution is 1.20. The maximum absolute atomic E-state index is 5.66. The SMILES string of the molecule is Cc1ccc(-c2cnc(N)c(C)c2)cn1. The molecule has 0 saturated carbocycles. The highest BCUT2D eigenvalue weighted by Gasteiger charge is 2.01. The van der Waals surface area contributed by atoms with Crippen LogP contribution in [0.4, 0.5) is 5.82 Å². The summed E-state index contributed by atoms with van der Waals surface area (Å²) in [4.78, 5) is 8.38. The Hall–Kier alpha value is -1.90. The highest BCUT2D eigenvalue weighted by Crippen LogP contribution is 2.20. The maximum atomic E-state index is 5.66. The second-order valence-electron chi connectivity index (χ2n) is 3.61. The van der Waals surface area contributed by atoms with Crippen LogP contribution in [0.2, 0.25) is 0 Å². The van der Waals surface area contributed by atoms with Crippen LogP contribution >= 0.6 is 0 Å². The van der Waals surface area contributed by atoms with Gasteiger partial charge < -0.3 is 5.73 Å². The predicted octanol–water partition coefficient (Wildman–Crippen LogP) is 2.34. The lowest BCUT2D eigenvalue weighted by atomic mass is 10.1. The monoisotopic (exact) mass is 199 g/mol. The topological polar surface area (TPSA) is 51.8 Å². The zero-order valence-corrected chi connectivity index (χ0v) is 8.86. The fourth-order valence-electron chi connectivity index (χ4n) is 1.38. The van der Waals surface area contributed by atoms with Crippen molar-refractivity contribution in [2.24, 2.45) is 0 Å². The van der Waals surface area contributed by atoms with Crippen molar-refractivity contribution in [2.75, 3.05) is 5.73 Å². The minimum absolute atomic E-state index is 0.582. The first-order valence-corrected chi connectivity index (χ1v) is 4.82. The quantitative estimate of drug-likeness (QED) is 0.767. The Morgan fingerprint density at radius 2 is 1.73 bits per heavy atom. The molecule has 2 rings (SSSR count). The lowest BCUT2D eigenvalue weighted by Crippen LogP contribution is -1.94. The summed E-state index contributed by atoms with van der Waals surface area (Å²) < 4.78 is 0. The molecule has 0 fully saturated rings. The van der Waals surface area contributed by atoms with Gasteiger partial charge in [0.1, 0.15) is 5.82 Å². The average molecular weight is 199 g/mol.